The maximum absolute atomic E-state index is 13.8. The van der Waals surface area contributed by atoms with Crippen molar-refractivity contribution in [3.63, 3.8) is 0 Å². The molecule has 0 aliphatic carbocycles. The van der Waals surface area contributed by atoms with Crippen LogP contribution in [0.15, 0.2) is 48.5 Å². The third kappa shape index (κ3) is 4.61. The Morgan fingerprint density at radius 1 is 0.852 bits per heavy atom. The van der Waals surface area contributed by atoms with Gasteiger partial charge in [0.05, 0.1) is 5.56 Å². The lowest BCUT2D eigenvalue weighted by Crippen LogP contribution is -2.39. The molecule has 5 nitrogen and oxygen atoms in total. The van der Waals surface area contributed by atoms with Gasteiger partial charge >= 0.3 is 0 Å². The zero-order valence-electron chi connectivity index (χ0n) is 14.7. The number of ether oxygens (including phenoxy) is 1. The van der Waals surface area contributed by atoms with Crippen LogP contribution in [0, 0.1) is 11.6 Å². The number of hydrogen-bond donors (Lipinski definition) is 0. The lowest BCUT2D eigenvalue weighted by molar-refractivity contribution is -0.133. The van der Waals surface area contributed by atoms with Crippen molar-refractivity contribution in [2.45, 2.75) is 6.42 Å². The van der Waals surface area contributed by atoms with Crippen LogP contribution in [-0.2, 0) is 4.79 Å². The van der Waals surface area contributed by atoms with Crippen molar-refractivity contribution in [1.29, 1.82) is 0 Å². The highest BCUT2D eigenvalue weighted by Gasteiger charge is 2.24. The van der Waals surface area contributed by atoms with E-state index in [0.717, 1.165) is 0 Å². The Labute approximate surface area is 156 Å². The van der Waals surface area contributed by atoms with Crippen molar-refractivity contribution in [2.75, 3.05) is 32.8 Å². The molecule has 1 aliphatic heterocycles. The van der Waals surface area contributed by atoms with Crippen molar-refractivity contribution >= 4 is 11.8 Å². The van der Waals surface area contributed by atoms with Crippen LogP contribution in [0.1, 0.15) is 16.8 Å². The van der Waals surface area contributed by atoms with Crippen molar-refractivity contribution in [3.8, 4) is 5.75 Å². The molecule has 0 saturated carbocycles. The molecular formula is C20H20F2N2O3. The van der Waals surface area contributed by atoms with Crippen LogP contribution in [0.5, 0.6) is 5.75 Å². The zero-order chi connectivity index (χ0) is 19.2. The molecule has 2 aromatic rings. The van der Waals surface area contributed by atoms with Crippen LogP contribution in [0.25, 0.3) is 0 Å². The summed E-state index contributed by atoms with van der Waals surface area (Å²) in [4.78, 5) is 28.0. The first-order valence-corrected chi connectivity index (χ1v) is 8.75. The van der Waals surface area contributed by atoms with Gasteiger partial charge in [0.1, 0.15) is 5.82 Å². The first kappa shape index (κ1) is 18.8. The summed E-state index contributed by atoms with van der Waals surface area (Å²) in [6.45, 7) is 1.24. The number of halogens is 2. The average Bonchev–Trinajstić information content (AvgIpc) is 2.93. The molecule has 2 aromatic carbocycles. The van der Waals surface area contributed by atoms with Gasteiger partial charge in [-0.25, -0.2) is 8.78 Å². The van der Waals surface area contributed by atoms with E-state index in [-0.39, 0.29) is 29.7 Å². The Morgan fingerprint density at radius 2 is 1.48 bits per heavy atom. The Balaban J connectivity index is 1.56. The first-order valence-electron chi connectivity index (χ1n) is 8.75. The predicted molar refractivity (Wildman–Crippen MR) is 95.4 cm³/mol. The zero-order valence-corrected chi connectivity index (χ0v) is 14.7. The van der Waals surface area contributed by atoms with E-state index < -0.39 is 11.6 Å². The Hall–Kier alpha value is -2.96. The fraction of sp³-hybridized carbons (Fsp3) is 0.300. The van der Waals surface area contributed by atoms with Gasteiger partial charge in [-0.1, -0.05) is 24.3 Å². The summed E-state index contributed by atoms with van der Waals surface area (Å²) in [7, 11) is 0. The van der Waals surface area contributed by atoms with Gasteiger partial charge in [-0.3, -0.25) is 9.59 Å². The Morgan fingerprint density at radius 3 is 2.22 bits per heavy atom. The summed E-state index contributed by atoms with van der Waals surface area (Å²) in [5, 5.41) is 0. The molecule has 1 saturated heterocycles. The van der Waals surface area contributed by atoms with E-state index in [4.69, 9.17) is 4.74 Å². The molecule has 2 amide bonds. The monoisotopic (exact) mass is 374 g/mol. The SMILES string of the molecule is O=C(COc1ccccc1F)N1CCCN(C(=O)c2ccccc2F)CC1. The number of rotatable bonds is 4. The minimum atomic E-state index is -0.557. The number of hydrogen-bond acceptors (Lipinski definition) is 3. The van der Waals surface area contributed by atoms with E-state index in [1.54, 1.807) is 28.0 Å². The Kier molecular flexibility index (Phi) is 6.01. The van der Waals surface area contributed by atoms with E-state index in [0.29, 0.717) is 32.6 Å². The number of amides is 2. The molecule has 0 N–H and O–H groups in total. The normalized spacial score (nSPS) is 14.6. The van der Waals surface area contributed by atoms with Crippen LogP contribution in [0.4, 0.5) is 8.78 Å². The Bertz CT molecular complexity index is 828. The third-order valence-electron chi connectivity index (χ3n) is 4.43. The summed E-state index contributed by atoms with van der Waals surface area (Å²) < 4.78 is 32.6. The summed E-state index contributed by atoms with van der Waals surface area (Å²) in [5.41, 5.74) is 0.0279. The van der Waals surface area contributed by atoms with E-state index in [9.17, 15) is 18.4 Å². The van der Waals surface area contributed by atoms with Crippen molar-refractivity contribution in [3.05, 3.63) is 65.7 Å². The van der Waals surface area contributed by atoms with Gasteiger partial charge in [-0.05, 0) is 30.7 Å². The highest BCUT2D eigenvalue weighted by Crippen LogP contribution is 2.16. The van der Waals surface area contributed by atoms with E-state index in [2.05, 4.69) is 0 Å². The van der Waals surface area contributed by atoms with Gasteiger partial charge in [0.2, 0.25) is 0 Å². The molecule has 27 heavy (non-hydrogen) atoms. The van der Waals surface area contributed by atoms with Crippen molar-refractivity contribution < 1.29 is 23.1 Å². The quantitative estimate of drug-likeness (QED) is 0.827. The predicted octanol–water partition coefficient (Wildman–Crippen LogP) is 2.72. The van der Waals surface area contributed by atoms with Crippen LogP contribution >= 0.6 is 0 Å². The molecule has 0 bridgehead atoms. The molecule has 0 atom stereocenters. The second kappa shape index (κ2) is 8.62. The van der Waals surface area contributed by atoms with Crippen LogP contribution in [-0.4, -0.2) is 54.4 Å². The van der Waals surface area contributed by atoms with E-state index in [1.165, 1.54) is 30.3 Å². The smallest absolute Gasteiger partial charge is 0.260 e. The van der Waals surface area contributed by atoms with Gasteiger partial charge in [0.25, 0.3) is 11.8 Å². The van der Waals surface area contributed by atoms with E-state index in [1.807, 2.05) is 0 Å². The summed E-state index contributed by atoms with van der Waals surface area (Å²) >= 11 is 0. The highest BCUT2D eigenvalue weighted by molar-refractivity contribution is 5.94. The highest BCUT2D eigenvalue weighted by atomic mass is 19.1. The second-order valence-corrected chi connectivity index (χ2v) is 6.23. The average molecular weight is 374 g/mol. The first-order chi connectivity index (χ1) is 13.1. The summed E-state index contributed by atoms with van der Waals surface area (Å²) in [6.07, 6.45) is 0.575. The van der Waals surface area contributed by atoms with Crippen molar-refractivity contribution in [1.82, 2.24) is 9.80 Å². The molecule has 7 heteroatoms. The summed E-state index contributed by atoms with van der Waals surface area (Å²) in [6, 6.07) is 11.7. The van der Waals surface area contributed by atoms with Gasteiger partial charge in [0.15, 0.2) is 18.2 Å². The minimum Gasteiger partial charge on any atom is -0.481 e. The van der Waals surface area contributed by atoms with Gasteiger partial charge < -0.3 is 14.5 Å². The van der Waals surface area contributed by atoms with E-state index >= 15 is 0 Å². The number of para-hydroxylation sites is 1. The minimum absolute atomic E-state index is 0.0250. The summed E-state index contributed by atoms with van der Waals surface area (Å²) in [5.74, 6) is -1.72. The molecule has 1 heterocycles. The van der Waals surface area contributed by atoms with Crippen molar-refractivity contribution in [2.24, 2.45) is 0 Å². The number of carbonyl (C=O) groups excluding carboxylic acids is 2. The number of nitrogens with zero attached hydrogens (tertiary/aromatic N) is 2. The maximum Gasteiger partial charge on any atom is 0.260 e. The van der Waals surface area contributed by atoms with Gasteiger partial charge in [-0.2, -0.15) is 0 Å². The fourth-order valence-corrected chi connectivity index (χ4v) is 2.97. The molecule has 0 radical (unpaired) electrons. The molecule has 1 fully saturated rings. The van der Waals surface area contributed by atoms with Gasteiger partial charge in [0, 0.05) is 26.2 Å². The number of benzene rings is 2. The largest absolute Gasteiger partial charge is 0.481 e. The van der Waals surface area contributed by atoms with Crippen LogP contribution in [0.2, 0.25) is 0 Å². The molecule has 3 rings (SSSR count). The molecule has 0 spiro atoms. The molecular weight excluding hydrogens is 354 g/mol. The third-order valence-corrected chi connectivity index (χ3v) is 4.43. The number of carbonyl (C=O) groups is 2. The van der Waals surface area contributed by atoms with Crippen LogP contribution < -0.4 is 4.74 Å². The lowest BCUT2D eigenvalue weighted by Gasteiger charge is -2.22. The van der Waals surface area contributed by atoms with Crippen LogP contribution in [0.3, 0.4) is 0 Å². The second-order valence-electron chi connectivity index (χ2n) is 6.23. The molecule has 142 valence electrons. The van der Waals surface area contributed by atoms with Gasteiger partial charge in [-0.15, -0.1) is 0 Å². The fourth-order valence-electron chi connectivity index (χ4n) is 2.97. The molecule has 1 aliphatic rings. The maximum atomic E-state index is 13.8. The topological polar surface area (TPSA) is 49.9 Å². The molecule has 0 unspecified atom stereocenters. The standard InChI is InChI=1S/C20H20F2N2O3/c21-16-7-2-1-6-15(16)20(26)24-11-5-10-23(12-13-24)19(25)14-27-18-9-4-3-8-17(18)22/h1-4,6-9H,5,10-14H2. The molecule has 0 aromatic heterocycles. The lowest BCUT2D eigenvalue weighted by atomic mass is 10.2.